The first-order chi connectivity index (χ1) is 9.02. The minimum absolute atomic E-state index is 0.0993. The fourth-order valence-electron chi connectivity index (χ4n) is 1.84. The summed E-state index contributed by atoms with van der Waals surface area (Å²) in [5.74, 6) is -0.725. The highest BCUT2D eigenvalue weighted by Gasteiger charge is 2.18. The molecule has 1 heterocycles. The summed E-state index contributed by atoms with van der Waals surface area (Å²) < 4.78 is 19.4. The van der Waals surface area contributed by atoms with Gasteiger partial charge >= 0.3 is 0 Å². The number of nitrogens with zero attached hydrogens (tertiary/aromatic N) is 1. The van der Waals surface area contributed by atoms with Crippen molar-refractivity contribution in [2.24, 2.45) is 4.99 Å². The van der Waals surface area contributed by atoms with Crippen LogP contribution >= 0.6 is 27.5 Å². The van der Waals surface area contributed by atoms with E-state index < -0.39 is 5.82 Å². The smallest absolute Gasteiger partial charge is 0.167 e. The van der Waals surface area contributed by atoms with Gasteiger partial charge in [0.05, 0.1) is 20.9 Å². The van der Waals surface area contributed by atoms with E-state index in [0.29, 0.717) is 16.6 Å². The number of aliphatic imine (C=N–C) groups is 1. The van der Waals surface area contributed by atoms with Crippen LogP contribution in [0.4, 0.5) is 15.8 Å². The lowest BCUT2D eigenvalue weighted by Crippen LogP contribution is -2.17. The largest absolute Gasteiger partial charge is 0.396 e. The van der Waals surface area contributed by atoms with Crippen molar-refractivity contribution >= 4 is 45.1 Å². The maximum absolute atomic E-state index is 13.6. The molecule has 1 aliphatic heterocycles. The third-order valence-corrected chi connectivity index (χ3v) is 4.37. The summed E-state index contributed by atoms with van der Waals surface area (Å²) in [5, 5.41) is -0.0993. The van der Waals surface area contributed by atoms with Crippen LogP contribution in [-0.4, -0.2) is 19.0 Å². The molecule has 1 aromatic carbocycles. The maximum atomic E-state index is 13.6. The third-order valence-electron chi connectivity index (χ3n) is 2.96. The van der Waals surface area contributed by atoms with Gasteiger partial charge < -0.3 is 16.2 Å². The van der Waals surface area contributed by atoms with E-state index in [0.717, 1.165) is 19.3 Å². The third kappa shape index (κ3) is 3.01. The Morgan fingerprint density at radius 3 is 2.74 bits per heavy atom. The molecule has 1 fully saturated rings. The molecule has 1 aliphatic rings. The summed E-state index contributed by atoms with van der Waals surface area (Å²) >= 11 is 9.03. The highest BCUT2D eigenvalue weighted by Crippen LogP contribution is 2.37. The highest BCUT2D eigenvalue weighted by molar-refractivity contribution is 9.10. The molecule has 104 valence electrons. The molecule has 0 aliphatic carbocycles. The van der Waals surface area contributed by atoms with Crippen LogP contribution in [0.2, 0.25) is 5.02 Å². The van der Waals surface area contributed by atoms with E-state index >= 15 is 0 Å². The molecule has 1 atom stereocenters. The Bertz CT molecular complexity index is 489. The van der Waals surface area contributed by atoms with E-state index in [2.05, 4.69) is 20.9 Å². The van der Waals surface area contributed by atoms with E-state index in [4.69, 9.17) is 27.8 Å². The standard InChI is InChI=1S/C12H14BrClFN3O/c13-8-6(5-18-7-3-1-2-4-19-7)11(16)12(17)10(15)9(8)14/h5,7H,1-4,16-17H2. The van der Waals surface area contributed by atoms with E-state index in [9.17, 15) is 4.39 Å². The second-order valence-corrected chi connectivity index (χ2v) is 5.45. The number of ether oxygens (including phenoxy) is 1. The zero-order valence-corrected chi connectivity index (χ0v) is 12.5. The Kier molecular flexibility index (Phi) is 4.65. The van der Waals surface area contributed by atoms with Crippen LogP contribution in [0.3, 0.4) is 0 Å². The number of halogens is 3. The second kappa shape index (κ2) is 6.07. The molecule has 1 aromatic rings. The first-order valence-corrected chi connectivity index (χ1v) is 7.05. The van der Waals surface area contributed by atoms with E-state index in [-0.39, 0.29) is 22.6 Å². The number of hydrogen-bond donors (Lipinski definition) is 2. The van der Waals surface area contributed by atoms with Crippen molar-refractivity contribution in [3.63, 3.8) is 0 Å². The average molecular weight is 351 g/mol. The highest BCUT2D eigenvalue weighted by atomic mass is 79.9. The van der Waals surface area contributed by atoms with Gasteiger partial charge in [0.25, 0.3) is 0 Å². The fourth-order valence-corrected chi connectivity index (χ4v) is 2.53. The number of hydrogen-bond acceptors (Lipinski definition) is 4. The van der Waals surface area contributed by atoms with Gasteiger partial charge in [-0.25, -0.2) is 4.39 Å². The van der Waals surface area contributed by atoms with Gasteiger partial charge in [-0.05, 0) is 35.2 Å². The topological polar surface area (TPSA) is 73.6 Å². The summed E-state index contributed by atoms with van der Waals surface area (Å²) in [7, 11) is 0. The predicted molar refractivity (Wildman–Crippen MR) is 79.1 cm³/mol. The van der Waals surface area contributed by atoms with Gasteiger partial charge in [-0.2, -0.15) is 0 Å². The number of benzene rings is 1. The molecule has 0 amide bonds. The first-order valence-electron chi connectivity index (χ1n) is 5.88. The van der Waals surface area contributed by atoms with Crippen LogP contribution in [0.15, 0.2) is 9.47 Å². The van der Waals surface area contributed by atoms with Crippen molar-refractivity contribution in [1.82, 2.24) is 0 Å². The fraction of sp³-hybridized carbons (Fsp3) is 0.417. The molecular weight excluding hydrogens is 337 g/mol. The predicted octanol–water partition coefficient (Wildman–Crippen LogP) is 3.35. The Hall–Kier alpha value is -0.850. The Morgan fingerprint density at radius 2 is 2.11 bits per heavy atom. The van der Waals surface area contributed by atoms with Crippen molar-refractivity contribution in [2.75, 3.05) is 18.1 Å². The van der Waals surface area contributed by atoms with Gasteiger partial charge in [0, 0.05) is 18.4 Å². The molecular formula is C12H14BrClFN3O. The maximum Gasteiger partial charge on any atom is 0.167 e. The van der Waals surface area contributed by atoms with Gasteiger partial charge in [-0.3, -0.25) is 4.99 Å². The quantitative estimate of drug-likeness (QED) is 0.488. The Labute approximate surface area is 124 Å². The van der Waals surface area contributed by atoms with Crippen LogP contribution in [0.5, 0.6) is 0 Å². The number of anilines is 2. The zero-order valence-electron chi connectivity index (χ0n) is 10.1. The molecule has 7 heteroatoms. The van der Waals surface area contributed by atoms with E-state index in [1.807, 2.05) is 0 Å². The molecule has 4 nitrogen and oxygen atoms in total. The van der Waals surface area contributed by atoms with Crippen LogP contribution in [0.1, 0.15) is 24.8 Å². The molecule has 1 unspecified atom stereocenters. The van der Waals surface area contributed by atoms with Gasteiger partial charge in [0.15, 0.2) is 5.82 Å². The molecule has 2 rings (SSSR count). The number of nitrogen functional groups attached to an aromatic ring is 2. The second-order valence-electron chi connectivity index (χ2n) is 4.28. The zero-order chi connectivity index (χ0) is 14.0. The Morgan fingerprint density at radius 1 is 1.37 bits per heavy atom. The summed E-state index contributed by atoms with van der Waals surface area (Å²) in [5.41, 5.74) is 11.8. The first kappa shape index (κ1) is 14.6. The summed E-state index contributed by atoms with van der Waals surface area (Å²) in [6.45, 7) is 0.699. The molecule has 0 bridgehead atoms. The molecule has 19 heavy (non-hydrogen) atoms. The summed E-state index contributed by atoms with van der Waals surface area (Å²) in [6.07, 6.45) is 4.32. The molecule has 0 saturated carbocycles. The lowest BCUT2D eigenvalue weighted by molar-refractivity contribution is 0.0227. The SMILES string of the molecule is Nc1c(N)c(C=NC2CCCCO2)c(Br)c(Cl)c1F. The van der Waals surface area contributed by atoms with Crippen molar-refractivity contribution in [3.8, 4) is 0 Å². The number of rotatable bonds is 2. The lowest BCUT2D eigenvalue weighted by atomic mass is 10.1. The van der Waals surface area contributed by atoms with Gasteiger partial charge in [0.2, 0.25) is 0 Å². The van der Waals surface area contributed by atoms with Crippen LogP contribution in [0.25, 0.3) is 0 Å². The van der Waals surface area contributed by atoms with Crippen molar-refractivity contribution in [3.05, 3.63) is 20.9 Å². The minimum atomic E-state index is -0.725. The molecule has 4 N–H and O–H groups in total. The van der Waals surface area contributed by atoms with Gasteiger partial charge in [-0.1, -0.05) is 11.6 Å². The van der Waals surface area contributed by atoms with Gasteiger partial charge in [0.1, 0.15) is 6.23 Å². The molecule has 1 saturated heterocycles. The lowest BCUT2D eigenvalue weighted by Gasteiger charge is -2.19. The van der Waals surface area contributed by atoms with Crippen molar-refractivity contribution in [1.29, 1.82) is 0 Å². The normalized spacial score (nSPS) is 20.1. The van der Waals surface area contributed by atoms with Crippen LogP contribution < -0.4 is 11.5 Å². The van der Waals surface area contributed by atoms with Gasteiger partial charge in [-0.15, -0.1) is 0 Å². The average Bonchev–Trinajstić information content (AvgIpc) is 2.44. The molecule has 0 aromatic heterocycles. The number of nitrogens with two attached hydrogens (primary N) is 2. The van der Waals surface area contributed by atoms with E-state index in [1.165, 1.54) is 6.21 Å². The summed E-state index contributed by atoms with van der Waals surface area (Å²) in [4.78, 5) is 4.29. The van der Waals surface area contributed by atoms with Crippen molar-refractivity contribution in [2.45, 2.75) is 25.5 Å². The van der Waals surface area contributed by atoms with E-state index in [1.54, 1.807) is 0 Å². The minimum Gasteiger partial charge on any atom is -0.396 e. The monoisotopic (exact) mass is 349 g/mol. The molecule has 0 radical (unpaired) electrons. The van der Waals surface area contributed by atoms with Crippen LogP contribution in [0, 0.1) is 5.82 Å². The summed E-state index contributed by atoms with van der Waals surface area (Å²) in [6, 6.07) is 0. The van der Waals surface area contributed by atoms with Crippen LogP contribution in [-0.2, 0) is 4.74 Å². The van der Waals surface area contributed by atoms with Crippen molar-refractivity contribution < 1.29 is 9.13 Å². The molecule has 0 spiro atoms. The Balaban J connectivity index is 2.31.